The van der Waals surface area contributed by atoms with Crippen molar-refractivity contribution in [3.05, 3.63) is 60.6 Å². The molecule has 1 aliphatic heterocycles. The predicted octanol–water partition coefficient (Wildman–Crippen LogP) is 3.87. The van der Waals surface area contributed by atoms with E-state index < -0.39 is 0 Å². The van der Waals surface area contributed by atoms with Crippen molar-refractivity contribution in [2.24, 2.45) is 0 Å². The Hall–Kier alpha value is -2.95. The van der Waals surface area contributed by atoms with Crippen LogP contribution in [-0.2, 0) is 0 Å². The average Bonchev–Trinajstić information content (AvgIpc) is 2.69. The summed E-state index contributed by atoms with van der Waals surface area (Å²) in [6.45, 7) is 2.06. The molecule has 1 fully saturated rings. The molecular weight excluding hydrogens is 312 g/mol. The highest BCUT2D eigenvalue weighted by atomic mass is 16.1. The normalized spacial score (nSPS) is 14.5. The van der Waals surface area contributed by atoms with E-state index in [0.29, 0.717) is 11.3 Å². The van der Waals surface area contributed by atoms with E-state index in [2.05, 4.69) is 20.2 Å². The zero-order valence-electron chi connectivity index (χ0n) is 14.0. The van der Waals surface area contributed by atoms with Crippen molar-refractivity contribution in [3.8, 4) is 0 Å². The standard InChI is InChI=1S/C20H20N4O/c25-20(23-18-8-4-6-15-7-5-9-22-19(15)18)16-12-17(14-21-13-16)24-10-2-1-3-11-24/h4-9,12-14H,1-3,10-11H2,(H,23,25). The van der Waals surface area contributed by atoms with Gasteiger partial charge in [0.25, 0.3) is 5.91 Å². The van der Waals surface area contributed by atoms with E-state index in [1.807, 2.05) is 42.6 Å². The average molecular weight is 332 g/mol. The number of aromatic nitrogens is 2. The van der Waals surface area contributed by atoms with Crippen LogP contribution in [0.4, 0.5) is 11.4 Å². The number of rotatable bonds is 3. The van der Waals surface area contributed by atoms with Crippen LogP contribution in [0.25, 0.3) is 10.9 Å². The summed E-state index contributed by atoms with van der Waals surface area (Å²) < 4.78 is 0. The molecule has 3 aromatic rings. The maximum atomic E-state index is 12.7. The van der Waals surface area contributed by atoms with Gasteiger partial charge in [-0.15, -0.1) is 0 Å². The van der Waals surface area contributed by atoms with Crippen LogP contribution in [0.3, 0.4) is 0 Å². The number of anilines is 2. The number of carbonyl (C=O) groups excluding carboxylic acids is 1. The first kappa shape index (κ1) is 15.6. The Morgan fingerprint density at radius 3 is 2.76 bits per heavy atom. The van der Waals surface area contributed by atoms with Crippen LogP contribution in [0.1, 0.15) is 29.6 Å². The quantitative estimate of drug-likeness (QED) is 0.791. The van der Waals surface area contributed by atoms with Crippen molar-refractivity contribution in [3.63, 3.8) is 0 Å². The number of nitrogens with one attached hydrogen (secondary N) is 1. The molecule has 1 aromatic carbocycles. The van der Waals surface area contributed by atoms with E-state index in [4.69, 9.17) is 0 Å². The van der Waals surface area contributed by atoms with E-state index in [1.54, 1.807) is 12.4 Å². The second-order valence-corrected chi connectivity index (χ2v) is 6.31. The van der Waals surface area contributed by atoms with Gasteiger partial charge < -0.3 is 10.2 Å². The third-order valence-electron chi connectivity index (χ3n) is 4.59. The van der Waals surface area contributed by atoms with Crippen LogP contribution in [0.2, 0.25) is 0 Å². The third kappa shape index (κ3) is 3.31. The Morgan fingerprint density at radius 2 is 1.88 bits per heavy atom. The minimum absolute atomic E-state index is 0.162. The Morgan fingerprint density at radius 1 is 1.04 bits per heavy atom. The van der Waals surface area contributed by atoms with Gasteiger partial charge in [0.15, 0.2) is 0 Å². The number of carbonyl (C=O) groups is 1. The minimum Gasteiger partial charge on any atom is -0.370 e. The fourth-order valence-electron chi connectivity index (χ4n) is 3.28. The molecule has 0 unspecified atom stereocenters. The zero-order valence-corrected chi connectivity index (χ0v) is 14.0. The van der Waals surface area contributed by atoms with Crippen molar-refractivity contribution in [1.82, 2.24) is 9.97 Å². The van der Waals surface area contributed by atoms with Gasteiger partial charge in [-0.3, -0.25) is 14.8 Å². The molecule has 0 saturated carbocycles. The van der Waals surface area contributed by atoms with Gasteiger partial charge in [-0.1, -0.05) is 18.2 Å². The molecule has 5 heteroatoms. The van der Waals surface area contributed by atoms with Crippen LogP contribution in [-0.4, -0.2) is 29.0 Å². The lowest BCUT2D eigenvalue weighted by molar-refractivity contribution is 0.102. The molecule has 3 heterocycles. The van der Waals surface area contributed by atoms with Gasteiger partial charge in [-0.25, -0.2) is 0 Å². The molecule has 4 rings (SSSR count). The van der Waals surface area contributed by atoms with E-state index in [0.717, 1.165) is 29.7 Å². The molecule has 1 saturated heterocycles. The summed E-state index contributed by atoms with van der Waals surface area (Å²) >= 11 is 0. The molecule has 1 N–H and O–H groups in total. The Bertz CT molecular complexity index is 898. The number of para-hydroxylation sites is 1. The molecule has 0 radical (unpaired) electrons. The minimum atomic E-state index is -0.162. The van der Waals surface area contributed by atoms with Crippen molar-refractivity contribution in [2.45, 2.75) is 19.3 Å². The highest BCUT2D eigenvalue weighted by Crippen LogP contribution is 2.23. The Kier molecular flexibility index (Phi) is 4.29. The largest absolute Gasteiger partial charge is 0.370 e. The van der Waals surface area contributed by atoms with E-state index >= 15 is 0 Å². The lowest BCUT2D eigenvalue weighted by Gasteiger charge is -2.28. The second-order valence-electron chi connectivity index (χ2n) is 6.31. The molecule has 0 bridgehead atoms. The topological polar surface area (TPSA) is 58.1 Å². The number of pyridine rings is 2. The second kappa shape index (κ2) is 6.89. The monoisotopic (exact) mass is 332 g/mol. The van der Waals surface area contributed by atoms with Gasteiger partial charge in [0.2, 0.25) is 0 Å². The van der Waals surface area contributed by atoms with E-state index in [9.17, 15) is 4.79 Å². The van der Waals surface area contributed by atoms with Gasteiger partial charge in [0.1, 0.15) is 0 Å². The summed E-state index contributed by atoms with van der Waals surface area (Å²) in [6, 6.07) is 11.6. The summed E-state index contributed by atoms with van der Waals surface area (Å²) in [5.41, 5.74) is 3.09. The maximum absolute atomic E-state index is 12.7. The molecule has 0 atom stereocenters. The first-order valence-corrected chi connectivity index (χ1v) is 8.66. The lowest BCUT2D eigenvalue weighted by Crippen LogP contribution is -2.29. The summed E-state index contributed by atoms with van der Waals surface area (Å²) in [6.07, 6.45) is 8.84. The summed E-state index contributed by atoms with van der Waals surface area (Å²) in [5, 5.41) is 3.97. The maximum Gasteiger partial charge on any atom is 0.257 e. The number of nitrogens with zero attached hydrogens (tertiary/aromatic N) is 3. The van der Waals surface area contributed by atoms with E-state index in [-0.39, 0.29) is 5.91 Å². The fraction of sp³-hybridized carbons (Fsp3) is 0.250. The van der Waals surface area contributed by atoms with Crippen molar-refractivity contribution < 1.29 is 4.79 Å². The Balaban J connectivity index is 1.58. The van der Waals surface area contributed by atoms with Crippen LogP contribution in [0.5, 0.6) is 0 Å². The van der Waals surface area contributed by atoms with Crippen LogP contribution in [0, 0.1) is 0 Å². The highest BCUT2D eigenvalue weighted by Gasteiger charge is 2.14. The fourth-order valence-corrected chi connectivity index (χ4v) is 3.28. The molecule has 1 aliphatic rings. The van der Waals surface area contributed by atoms with E-state index in [1.165, 1.54) is 19.3 Å². The smallest absolute Gasteiger partial charge is 0.257 e. The number of fused-ring (bicyclic) bond motifs is 1. The molecular formula is C20H20N4O. The number of piperidine rings is 1. The van der Waals surface area contributed by atoms with Crippen molar-refractivity contribution in [1.29, 1.82) is 0 Å². The highest BCUT2D eigenvalue weighted by molar-refractivity contribution is 6.08. The number of hydrogen-bond acceptors (Lipinski definition) is 4. The molecule has 2 aromatic heterocycles. The molecule has 126 valence electrons. The lowest BCUT2D eigenvalue weighted by atomic mass is 10.1. The van der Waals surface area contributed by atoms with Crippen LogP contribution < -0.4 is 10.2 Å². The predicted molar refractivity (Wildman–Crippen MR) is 100.0 cm³/mol. The SMILES string of the molecule is O=C(Nc1cccc2cccnc12)c1cncc(N2CCCCC2)c1. The van der Waals surface area contributed by atoms with Gasteiger partial charge >= 0.3 is 0 Å². The molecule has 5 nitrogen and oxygen atoms in total. The first-order chi connectivity index (χ1) is 12.3. The third-order valence-corrected chi connectivity index (χ3v) is 4.59. The Labute approximate surface area is 146 Å². The van der Waals surface area contributed by atoms with Gasteiger partial charge in [-0.2, -0.15) is 0 Å². The van der Waals surface area contributed by atoms with Crippen molar-refractivity contribution in [2.75, 3.05) is 23.3 Å². The first-order valence-electron chi connectivity index (χ1n) is 8.66. The van der Waals surface area contributed by atoms with Crippen LogP contribution in [0.15, 0.2) is 55.0 Å². The molecule has 1 amide bonds. The number of benzene rings is 1. The number of hydrogen-bond donors (Lipinski definition) is 1. The molecule has 25 heavy (non-hydrogen) atoms. The molecule has 0 spiro atoms. The molecule has 0 aliphatic carbocycles. The van der Waals surface area contributed by atoms with Crippen molar-refractivity contribution >= 4 is 28.2 Å². The van der Waals surface area contributed by atoms with Gasteiger partial charge in [0, 0.05) is 30.9 Å². The summed E-state index contributed by atoms with van der Waals surface area (Å²) in [7, 11) is 0. The van der Waals surface area contributed by atoms with Gasteiger partial charge in [0.05, 0.1) is 28.7 Å². The summed E-state index contributed by atoms with van der Waals surface area (Å²) in [5.74, 6) is -0.162. The zero-order chi connectivity index (χ0) is 17.1. The van der Waals surface area contributed by atoms with Gasteiger partial charge in [-0.05, 0) is 37.5 Å². The summed E-state index contributed by atoms with van der Waals surface area (Å²) in [4.78, 5) is 23.6. The van der Waals surface area contributed by atoms with Crippen LogP contribution >= 0.6 is 0 Å². The number of amides is 1.